The second kappa shape index (κ2) is 14.5. The van der Waals surface area contributed by atoms with Crippen molar-refractivity contribution in [1.29, 1.82) is 0 Å². The van der Waals surface area contributed by atoms with Crippen molar-refractivity contribution in [2.45, 2.75) is 109 Å². The van der Waals surface area contributed by atoms with Crippen LogP contribution < -0.4 is 10.4 Å². The molecule has 0 aliphatic rings. The van der Waals surface area contributed by atoms with Crippen LogP contribution >= 0.6 is 0 Å². The quantitative estimate of drug-likeness (QED) is 0.146. The van der Waals surface area contributed by atoms with Crippen molar-refractivity contribution in [3.63, 3.8) is 0 Å². The molecule has 0 aliphatic heterocycles. The molecular weight excluding hydrogens is 420 g/mol. The molecule has 0 fully saturated rings. The maximum Gasteiger partial charge on any atom is 0.262 e. The lowest BCUT2D eigenvalue weighted by atomic mass is 10.0. The normalized spacial score (nSPS) is 13.1. The minimum Gasteiger partial charge on any atom is -0.398 e. The third-order valence-electron chi connectivity index (χ3n) is 6.74. The summed E-state index contributed by atoms with van der Waals surface area (Å²) in [5.74, 6) is 0. The molecule has 2 aromatic carbocycles. The number of hydrogen-bond donors (Lipinski definition) is 0. The number of carbonyl (C=O) groups excluding carboxylic acids is 1. The summed E-state index contributed by atoms with van der Waals surface area (Å²) < 4.78 is 6.98. The number of aldehydes is 1. The fourth-order valence-electron chi connectivity index (χ4n) is 4.91. The molecule has 2 nitrogen and oxygen atoms in total. The topological polar surface area (TPSA) is 26.3 Å². The first-order valence-electron chi connectivity index (χ1n) is 13.2. The van der Waals surface area contributed by atoms with Crippen molar-refractivity contribution in [1.82, 2.24) is 0 Å². The Morgan fingerprint density at radius 3 is 1.55 bits per heavy atom. The van der Waals surface area contributed by atoms with E-state index in [1.165, 1.54) is 68.2 Å². The third-order valence-corrected chi connectivity index (χ3v) is 11.8. The van der Waals surface area contributed by atoms with Gasteiger partial charge in [0.2, 0.25) is 0 Å². The Morgan fingerprint density at radius 1 is 0.727 bits per heavy atom. The lowest BCUT2D eigenvalue weighted by Gasteiger charge is -2.44. The molecule has 0 heterocycles. The van der Waals surface area contributed by atoms with E-state index in [2.05, 4.69) is 88.4 Å². The number of benzene rings is 2. The van der Waals surface area contributed by atoms with Crippen LogP contribution in [0.15, 0.2) is 60.7 Å². The van der Waals surface area contributed by atoms with E-state index < -0.39 is 8.32 Å². The number of rotatable bonds is 16. The SMILES string of the molecule is CCCCCCCCCCCC[C@@H](C=O)O[Si](c1ccccc1)(c1ccccc1)C(C)(C)C. The lowest BCUT2D eigenvalue weighted by Crippen LogP contribution is -2.67. The van der Waals surface area contributed by atoms with Gasteiger partial charge in [0.15, 0.2) is 0 Å². The summed E-state index contributed by atoms with van der Waals surface area (Å²) in [6, 6.07) is 21.2. The Kier molecular flexibility index (Phi) is 12.1. The van der Waals surface area contributed by atoms with Crippen molar-refractivity contribution in [3.05, 3.63) is 60.7 Å². The van der Waals surface area contributed by atoms with Crippen LogP contribution in [0.2, 0.25) is 5.04 Å². The summed E-state index contributed by atoms with van der Waals surface area (Å²) in [5.41, 5.74) is 0. The minimum absolute atomic E-state index is 0.102. The molecule has 3 heteroatoms. The van der Waals surface area contributed by atoms with Gasteiger partial charge in [-0.2, -0.15) is 0 Å². The minimum atomic E-state index is -2.66. The number of hydrogen-bond acceptors (Lipinski definition) is 2. The molecular formula is C30H46O2Si. The summed E-state index contributed by atoms with van der Waals surface area (Å²) in [4.78, 5) is 12.2. The largest absolute Gasteiger partial charge is 0.398 e. The van der Waals surface area contributed by atoms with Crippen LogP contribution in [0, 0.1) is 0 Å². The van der Waals surface area contributed by atoms with Crippen LogP contribution in [0.3, 0.4) is 0 Å². The smallest absolute Gasteiger partial charge is 0.262 e. The highest BCUT2D eigenvalue weighted by Crippen LogP contribution is 2.37. The highest BCUT2D eigenvalue weighted by Gasteiger charge is 2.51. The zero-order chi connectivity index (χ0) is 24.0. The Labute approximate surface area is 204 Å². The van der Waals surface area contributed by atoms with Gasteiger partial charge >= 0.3 is 0 Å². The maximum atomic E-state index is 12.2. The van der Waals surface area contributed by atoms with E-state index in [-0.39, 0.29) is 11.1 Å². The molecule has 1 atom stereocenters. The first kappa shape index (κ1) is 27.5. The monoisotopic (exact) mass is 466 g/mol. The van der Waals surface area contributed by atoms with E-state index in [1.54, 1.807) is 0 Å². The first-order chi connectivity index (χ1) is 16.0. The third kappa shape index (κ3) is 8.22. The number of unbranched alkanes of at least 4 members (excludes halogenated alkanes) is 9. The van der Waals surface area contributed by atoms with Crippen LogP contribution in [0.5, 0.6) is 0 Å². The molecule has 33 heavy (non-hydrogen) atoms. The zero-order valence-electron chi connectivity index (χ0n) is 21.5. The van der Waals surface area contributed by atoms with Gasteiger partial charge in [0, 0.05) is 0 Å². The predicted molar refractivity (Wildman–Crippen MR) is 145 cm³/mol. The summed E-state index contributed by atoms with van der Waals surface area (Å²) >= 11 is 0. The van der Waals surface area contributed by atoms with Crippen molar-refractivity contribution in [2.24, 2.45) is 0 Å². The standard InChI is InChI=1S/C30H46O2Si/c1-5-6-7-8-9-10-11-12-13-16-21-27(26-31)32-33(30(2,3)4,28-22-17-14-18-23-28)29-24-19-15-20-25-29/h14-15,17-20,22-27H,5-13,16,21H2,1-4H3/t27-/m0/s1. The van der Waals surface area contributed by atoms with Crippen LogP contribution in [-0.2, 0) is 9.22 Å². The second-order valence-electron chi connectivity index (χ2n) is 10.4. The molecule has 0 amide bonds. The van der Waals surface area contributed by atoms with E-state index in [0.717, 1.165) is 19.1 Å². The van der Waals surface area contributed by atoms with Crippen LogP contribution in [0.1, 0.15) is 98.3 Å². The van der Waals surface area contributed by atoms with Gasteiger partial charge in [-0.1, -0.05) is 153 Å². The zero-order valence-corrected chi connectivity index (χ0v) is 22.5. The van der Waals surface area contributed by atoms with Crippen LogP contribution in [-0.4, -0.2) is 20.7 Å². The lowest BCUT2D eigenvalue weighted by molar-refractivity contribution is -0.114. The maximum absolute atomic E-state index is 12.2. The fourth-order valence-corrected chi connectivity index (χ4v) is 9.55. The van der Waals surface area contributed by atoms with Gasteiger partial charge in [-0.15, -0.1) is 0 Å². The Hall–Kier alpha value is -1.71. The predicted octanol–water partition coefficient (Wildman–Crippen LogP) is 7.44. The Morgan fingerprint density at radius 2 is 1.15 bits per heavy atom. The van der Waals surface area contributed by atoms with Crippen molar-refractivity contribution < 1.29 is 9.22 Å². The van der Waals surface area contributed by atoms with Gasteiger partial charge in [-0.3, -0.25) is 0 Å². The van der Waals surface area contributed by atoms with E-state index in [1.807, 2.05) is 0 Å². The molecule has 0 bridgehead atoms. The van der Waals surface area contributed by atoms with E-state index >= 15 is 0 Å². The fraction of sp³-hybridized carbons (Fsp3) is 0.567. The van der Waals surface area contributed by atoms with Crippen LogP contribution in [0.4, 0.5) is 0 Å². The van der Waals surface area contributed by atoms with Gasteiger partial charge in [0.25, 0.3) is 8.32 Å². The van der Waals surface area contributed by atoms with E-state index in [9.17, 15) is 4.79 Å². The second-order valence-corrected chi connectivity index (χ2v) is 14.7. The molecule has 2 aromatic rings. The van der Waals surface area contributed by atoms with Gasteiger partial charge < -0.3 is 9.22 Å². The number of carbonyl (C=O) groups is 1. The van der Waals surface area contributed by atoms with Crippen molar-refractivity contribution in [3.8, 4) is 0 Å². The molecule has 0 aliphatic carbocycles. The summed E-state index contributed by atoms with van der Waals surface area (Å²) in [6.45, 7) is 9.06. The summed E-state index contributed by atoms with van der Waals surface area (Å²) in [6.07, 6.45) is 14.5. The first-order valence-corrected chi connectivity index (χ1v) is 15.1. The molecule has 0 N–H and O–H groups in total. The molecule has 0 aromatic heterocycles. The average Bonchev–Trinajstić information content (AvgIpc) is 2.82. The van der Waals surface area contributed by atoms with Gasteiger partial charge in [0.1, 0.15) is 12.4 Å². The molecule has 0 spiro atoms. The molecule has 0 radical (unpaired) electrons. The highest BCUT2D eigenvalue weighted by atomic mass is 28.4. The summed E-state index contributed by atoms with van der Waals surface area (Å²) in [7, 11) is -2.66. The van der Waals surface area contributed by atoms with Crippen molar-refractivity contribution >= 4 is 25.0 Å². The molecule has 0 saturated heterocycles. The van der Waals surface area contributed by atoms with Gasteiger partial charge in [0.05, 0.1) is 0 Å². The Balaban J connectivity index is 2.03. The van der Waals surface area contributed by atoms with Crippen molar-refractivity contribution in [2.75, 3.05) is 0 Å². The molecule has 2 rings (SSSR count). The van der Waals surface area contributed by atoms with Gasteiger partial charge in [-0.05, 0) is 21.8 Å². The van der Waals surface area contributed by atoms with Crippen LogP contribution in [0.25, 0.3) is 0 Å². The summed E-state index contributed by atoms with van der Waals surface area (Å²) in [5, 5.41) is 2.37. The average molecular weight is 467 g/mol. The Bertz CT molecular complexity index is 727. The molecule has 0 unspecified atom stereocenters. The van der Waals surface area contributed by atoms with E-state index in [0.29, 0.717) is 0 Å². The van der Waals surface area contributed by atoms with E-state index in [4.69, 9.17) is 4.43 Å². The highest BCUT2D eigenvalue weighted by molar-refractivity contribution is 6.99. The molecule has 0 saturated carbocycles. The van der Waals surface area contributed by atoms with Gasteiger partial charge in [-0.25, -0.2) is 0 Å². The molecule has 182 valence electrons.